The van der Waals surface area contributed by atoms with Gasteiger partial charge >= 0.3 is 17.9 Å². The van der Waals surface area contributed by atoms with Gasteiger partial charge in [0.15, 0.2) is 0 Å². The van der Waals surface area contributed by atoms with E-state index < -0.39 is 5.97 Å². The van der Waals surface area contributed by atoms with Crippen molar-refractivity contribution >= 4 is 17.9 Å². The average Bonchev–Trinajstić information content (AvgIpc) is 2.95. The van der Waals surface area contributed by atoms with Crippen molar-refractivity contribution < 1.29 is 62.1 Å². The molecule has 13 heteroatoms. The Morgan fingerprint density at radius 2 is 0.683 bits per heavy atom. The summed E-state index contributed by atoms with van der Waals surface area (Å²) in [4.78, 5) is 33.3. The average molecular weight is 597 g/mol. The summed E-state index contributed by atoms with van der Waals surface area (Å²) in [5.74, 6) is -1.38. The van der Waals surface area contributed by atoms with E-state index in [2.05, 4.69) is 6.92 Å². The smallest absolute Gasteiger partial charge is 0.305 e. The molecule has 0 aromatic heterocycles. The molecule has 0 saturated carbocycles. The summed E-state index contributed by atoms with van der Waals surface area (Å²) in [6.07, 6.45) is 4.70. The molecule has 0 aliphatic heterocycles. The maximum atomic E-state index is 11.5. The van der Waals surface area contributed by atoms with Crippen LogP contribution in [0.25, 0.3) is 0 Å². The molecule has 0 spiro atoms. The largest absolute Gasteiger partial charge is 0.481 e. The number of carbonyl (C=O) groups excluding carboxylic acids is 2. The second-order valence-electron chi connectivity index (χ2n) is 8.79. The van der Waals surface area contributed by atoms with Crippen LogP contribution < -0.4 is 0 Å². The van der Waals surface area contributed by atoms with E-state index in [0.717, 1.165) is 19.3 Å². The van der Waals surface area contributed by atoms with E-state index in [1.165, 1.54) is 0 Å². The van der Waals surface area contributed by atoms with Gasteiger partial charge in [0.25, 0.3) is 0 Å². The second kappa shape index (κ2) is 32.6. The molecular weight excluding hydrogens is 544 g/mol. The first-order valence-electron chi connectivity index (χ1n) is 14.6. The van der Waals surface area contributed by atoms with Crippen molar-refractivity contribution in [3.63, 3.8) is 0 Å². The third-order valence-electron chi connectivity index (χ3n) is 5.22. The Kier molecular flexibility index (Phi) is 31.2. The van der Waals surface area contributed by atoms with E-state index in [9.17, 15) is 14.4 Å². The van der Waals surface area contributed by atoms with E-state index in [1.807, 2.05) is 0 Å². The maximum Gasteiger partial charge on any atom is 0.305 e. The Bertz CT molecular complexity index is 604. The number of rotatable bonds is 33. The molecule has 0 radical (unpaired) electrons. The molecule has 0 aromatic carbocycles. The zero-order valence-electron chi connectivity index (χ0n) is 24.8. The molecule has 0 atom stereocenters. The predicted molar refractivity (Wildman–Crippen MR) is 148 cm³/mol. The number of hydrogen-bond donors (Lipinski definition) is 1. The quantitative estimate of drug-likeness (QED) is 0.0872. The Hall–Kier alpha value is -1.87. The van der Waals surface area contributed by atoms with Gasteiger partial charge in [-0.3, -0.25) is 14.4 Å². The highest BCUT2D eigenvalue weighted by molar-refractivity contribution is 5.70. The van der Waals surface area contributed by atoms with Crippen molar-refractivity contribution in [2.45, 2.75) is 58.3 Å². The zero-order valence-corrected chi connectivity index (χ0v) is 24.8. The van der Waals surface area contributed by atoms with Crippen LogP contribution in [0.1, 0.15) is 58.3 Å². The van der Waals surface area contributed by atoms with Gasteiger partial charge in [0.2, 0.25) is 0 Å². The van der Waals surface area contributed by atoms with Crippen molar-refractivity contribution in [2.24, 2.45) is 0 Å². The normalized spacial score (nSPS) is 11.0. The molecule has 0 aromatic rings. The SMILES string of the molecule is CCCCCC(=O)OCCOCCOCCOCCOCCOCCOCCOCCOC(=O)CCCCC(=O)O. The minimum absolute atomic E-state index is 0.0597. The van der Waals surface area contributed by atoms with Gasteiger partial charge in [-0.25, -0.2) is 0 Å². The molecule has 242 valence electrons. The molecule has 1 N–H and O–H groups in total. The number of esters is 2. The fourth-order valence-corrected chi connectivity index (χ4v) is 3.06. The standard InChI is InChI=1S/C28H52O13/c1-2-3-4-8-27(31)40-24-22-38-20-18-36-16-14-34-12-10-33-11-13-35-15-17-37-19-21-39-23-25-41-28(32)9-6-5-7-26(29)30/h2-25H2,1H3,(H,29,30). The lowest BCUT2D eigenvalue weighted by Gasteiger charge is -2.09. The van der Waals surface area contributed by atoms with Gasteiger partial charge in [0.1, 0.15) is 13.2 Å². The van der Waals surface area contributed by atoms with Crippen LogP contribution >= 0.6 is 0 Å². The summed E-state index contributed by atoms with van der Waals surface area (Å²) in [5, 5.41) is 8.53. The van der Waals surface area contributed by atoms with E-state index in [0.29, 0.717) is 105 Å². The number of aliphatic carboxylic acids is 1. The van der Waals surface area contributed by atoms with Crippen molar-refractivity contribution in [3.05, 3.63) is 0 Å². The van der Waals surface area contributed by atoms with Crippen LogP contribution in [0.4, 0.5) is 0 Å². The molecule has 13 nitrogen and oxygen atoms in total. The molecule has 0 heterocycles. The molecule has 0 bridgehead atoms. The lowest BCUT2D eigenvalue weighted by molar-refractivity contribution is -0.146. The van der Waals surface area contributed by atoms with Crippen molar-refractivity contribution in [1.29, 1.82) is 0 Å². The predicted octanol–water partition coefficient (Wildman–Crippen LogP) is 2.41. The zero-order chi connectivity index (χ0) is 30.1. The van der Waals surface area contributed by atoms with Crippen LogP contribution in [0, 0.1) is 0 Å². The lowest BCUT2D eigenvalue weighted by Crippen LogP contribution is -2.15. The summed E-state index contributed by atoms with van der Waals surface area (Å²) in [6.45, 7) is 8.56. The van der Waals surface area contributed by atoms with Crippen LogP contribution in [-0.4, -0.2) is 129 Å². The molecular formula is C28H52O13. The molecule has 0 unspecified atom stereocenters. The van der Waals surface area contributed by atoms with Gasteiger partial charge in [-0.1, -0.05) is 19.8 Å². The second-order valence-corrected chi connectivity index (χ2v) is 8.79. The number of ether oxygens (including phenoxy) is 9. The monoisotopic (exact) mass is 596 g/mol. The first-order valence-corrected chi connectivity index (χ1v) is 14.6. The summed E-state index contributed by atoms with van der Waals surface area (Å²) < 4.78 is 47.8. The van der Waals surface area contributed by atoms with Crippen molar-refractivity contribution in [2.75, 3.05) is 106 Å². The fourth-order valence-electron chi connectivity index (χ4n) is 3.06. The summed E-state index contributed by atoms with van der Waals surface area (Å²) in [6, 6.07) is 0. The van der Waals surface area contributed by atoms with Crippen molar-refractivity contribution in [3.8, 4) is 0 Å². The molecule has 0 amide bonds. The Morgan fingerprint density at radius 1 is 0.415 bits per heavy atom. The topological polar surface area (TPSA) is 155 Å². The Balaban J connectivity index is 3.14. The van der Waals surface area contributed by atoms with Crippen molar-refractivity contribution in [1.82, 2.24) is 0 Å². The van der Waals surface area contributed by atoms with Gasteiger partial charge in [-0.2, -0.15) is 0 Å². The third kappa shape index (κ3) is 34.2. The molecule has 0 aliphatic carbocycles. The molecule has 0 fully saturated rings. The first kappa shape index (κ1) is 39.1. The molecule has 41 heavy (non-hydrogen) atoms. The van der Waals surface area contributed by atoms with E-state index in [4.69, 9.17) is 47.7 Å². The van der Waals surface area contributed by atoms with Crippen LogP contribution in [0.5, 0.6) is 0 Å². The minimum Gasteiger partial charge on any atom is -0.481 e. The van der Waals surface area contributed by atoms with Gasteiger partial charge < -0.3 is 47.7 Å². The Morgan fingerprint density at radius 3 is 0.976 bits per heavy atom. The first-order chi connectivity index (χ1) is 20.1. The highest BCUT2D eigenvalue weighted by Crippen LogP contribution is 2.02. The summed E-state index contributed by atoms with van der Waals surface area (Å²) in [5.41, 5.74) is 0. The lowest BCUT2D eigenvalue weighted by atomic mass is 10.2. The minimum atomic E-state index is -0.864. The number of carboxylic acids is 1. The summed E-state index contributed by atoms with van der Waals surface area (Å²) in [7, 11) is 0. The van der Waals surface area contributed by atoms with Gasteiger partial charge in [-0.15, -0.1) is 0 Å². The van der Waals surface area contributed by atoms with Gasteiger partial charge in [0, 0.05) is 19.3 Å². The Labute approximate surface area is 244 Å². The van der Waals surface area contributed by atoms with Crippen LogP contribution in [0.3, 0.4) is 0 Å². The number of carbonyl (C=O) groups is 3. The van der Waals surface area contributed by atoms with Gasteiger partial charge in [-0.05, 0) is 19.3 Å². The van der Waals surface area contributed by atoms with Crippen LogP contribution in [-0.2, 0) is 57.0 Å². The maximum absolute atomic E-state index is 11.5. The fraction of sp³-hybridized carbons (Fsp3) is 0.893. The number of carboxylic acid groups (broad SMARTS) is 1. The molecule has 0 rings (SSSR count). The van der Waals surface area contributed by atoms with E-state index in [1.54, 1.807) is 0 Å². The summed E-state index contributed by atoms with van der Waals surface area (Å²) >= 11 is 0. The van der Waals surface area contributed by atoms with Crippen LogP contribution in [0.2, 0.25) is 0 Å². The number of hydrogen-bond acceptors (Lipinski definition) is 12. The van der Waals surface area contributed by atoms with E-state index >= 15 is 0 Å². The van der Waals surface area contributed by atoms with Crippen LogP contribution in [0.15, 0.2) is 0 Å². The third-order valence-corrected chi connectivity index (χ3v) is 5.22. The van der Waals surface area contributed by atoms with E-state index in [-0.39, 0.29) is 44.6 Å². The highest BCUT2D eigenvalue weighted by atomic mass is 16.6. The molecule has 0 saturated heterocycles. The number of unbranched alkanes of at least 4 members (excludes halogenated alkanes) is 3. The highest BCUT2D eigenvalue weighted by Gasteiger charge is 2.04. The molecule has 0 aliphatic rings. The van der Waals surface area contributed by atoms with Gasteiger partial charge in [0.05, 0.1) is 92.5 Å².